The fraction of sp³-hybridized carbons (Fsp3) is 0.333. The first-order chi connectivity index (χ1) is 10.7. The summed E-state index contributed by atoms with van der Waals surface area (Å²) in [4.78, 5) is 18.1. The minimum atomic E-state index is 0.141. The van der Waals surface area contributed by atoms with E-state index in [1.807, 2.05) is 37.4 Å². The van der Waals surface area contributed by atoms with Crippen molar-refractivity contribution in [3.63, 3.8) is 0 Å². The number of amides is 1. The van der Waals surface area contributed by atoms with E-state index in [0.29, 0.717) is 18.8 Å². The summed E-state index contributed by atoms with van der Waals surface area (Å²) in [6.07, 6.45) is 4.02. The highest BCUT2D eigenvalue weighted by Gasteiger charge is 2.12. The quantitative estimate of drug-likeness (QED) is 0.789. The Morgan fingerprint density at radius 3 is 2.68 bits per heavy atom. The molecule has 0 saturated heterocycles. The third-order valence-electron chi connectivity index (χ3n) is 3.58. The van der Waals surface area contributed by atoms with Crippen LogP contribution in [0.5, 0.6) is 5.88 Å². The van der Waals surface area contributed by atoms with Crippen LogP contribution in [0.2, 0.25) is 0 Å². The van der Waals surface area contributed by atoms with Gasteiger partial charge in [-0.2, -0.15) is 0 Å². The molecule has 0 spiro atoms. The van der Waals surface area contributed by atoms with Gasteiger partial charge in [0, 0.05) is 25.2 Å². The normalized spacial score (nSPS) is 10.3. The molecule has 0 N–H and O–H groups in total. The molecule has 0 aliphatic rings. The Morgan fingerprint density at radius 2 is 1.95 bits per heavy atom. The Hall–Kier alpha value is -2.36. The van der Waals surface area contributed by atoms with Crippen molar-refractivity contribution in [3.8, 4) is 5.88 Å². The predicted molar refractivity (Wildman–Crippen MR) is 86.6 cm³/mol. The van der Waals surface area contributed by atoms with Gasteiger partial charge in [-0.05, 0) is 24.5 Å². The van der Waals surface area contributed by atoms with Crippen LogP contribution in [-0.2, 0) is 17.8 Å². The van der Waals surface area contributed by atoms with Crippen molar-refractivity contribution in [1.82, 2.24) is 9.88 Å². The fourth-order valence-electron chi connectivity index (χ4n) is 2.35. The number of carbonyl (C=O) groups excluding carboxylic acids is 1. The van der Waals surface area contributed by atoms with E-state index < -0.39 is 0 Å². The van der Waals surface area contributed by atoms with Crippen molar-refractivity contribution >= 4 is 5.91 Å². The summed E-state index contributed by atoms with van der Waals surface area (Å²) in [6, 6.07) is 14.0. The first-order valence-electron chi connectivity index (χ1n) is 7.46. The van der Waals surface area contributed by atoms with Crippen molar-refractivity contribution in [2.24, 2.45) is 0 Å². The van der Waals surface area contributed by atoms with Gasteiger partial charge in [0.05, 0.1) is 13.7 Å². The first kappa shape index (κ1) is 16.0. The van der Waals surface area contributed by atoms with Gasteiger partial charge in [0.1, 0.15) is 0 Å². The smallest absolute Gasteiger partial charge is 0.222 e. The van der Waals surface area contributed by atoms with Crippen molar-refractivity contribution < 1.29 is 9.53 Å². The number of methoxy groups -OCH3 is 1. The molecule has 0 atom stereocenters. The van der Waals surface area contributed by atoms with Crippen LogP contribution in [0.1, 0.15) is 24.0 Å². The van der Waals surface area contributed by atoms with Gasteiger partial charge in [0.25, 0.3) is 0 Å². The molecule has 0 saturated carbocycles. The molecule has 116 valence electrons. The maximum absolute atomic E-state index is 12.2. The van der Waals surface area contributed by atoms with Crippen molar-refractivity contribution in [3.05, 3.63) is 59.8 Å². The average Bonchev–Trinajstić information content (AvgIpc) is 2.56. The van der Waals surface area contributed by atoms with Gasteiger partial charge in [-0.3, -0.25) is 4.79 Å². The van der Waals surface area contributed by atoms with Gasteiger partial charge < -0.3 is 9.64 Å². The number of hydrogen-bond donors (Lipinski definition) is 0. The van der Waals surface area contributed by atoms with E-state index in [1.54, 1.807) is 18.2 Å². The van der Waals surface area contributed by atoms with E-state index in [-0.39, 0.29) is 5.91 Å². The van der Waals surface area contributed by atoms with Crippen molar-refractivity contribution in [1.29, 1.82) is 0 Å². The maximum Gasteiger partial charge on any atom is 0.222 e. The molecular weight excluding hydrogens is 276 g/mol. The van der Waals surface area contributed by atoms with Crippen LogP contribution in [0, 0.1) is 0 Å². The number of ether oxygens (including phenoxy) is 1. The van der Waals surface area contributed by atoms with Crippen LogP contribution in [0.25, 0.3) is 0 Å². The van der Waals surface area contributed by atoms with Crippen LogP contribution in [-0.4, -0.2) is 29.9 Å². The Morgan fingerprint density at radius 1 is 1.18 bits per heavy atom. The number of rotatable bonds is 7. The lowest BCUT2D eigenvalue weighted by molar-refractivity contribution is -0.130. The molecule has 4 heteroatoms. The molecule has 0 aliphatic carbocycles. The summed E-state index contributed by atoms with van der Waals surface area (Å²) in [6.45, 7) is 0.515. The van der Waals surface area contributed by atoms with Crippen LogP contribution in [0.4, 0.5) is 0 Å². The second kappa shape index (κ2) is 8.17. The maximum atomic E-state index is 12.2. The van der Waals surface area contributed by atoms with Gasteiger partial charge >= 0.3 is 0 Å². The molecular formula is C18H22N2O2. The predicted octanol–water partition coefficient (Wildman–Crippen LogP) is 3.07. The zero-order valence-corrected chi connectivity index (χ0v) is 13.2. The molecule has 1 aromatic carbocycles. The monoisotopic (exact) mass is 298 g/mol. The molecule has 22 heavy (non-hydrogen) atoms. The lowest BCUT2D eigenvalue weighted by Crippen LogP contribution is -2.26. The summed E-state index contributed by atoms with van der Waals surface area (Å²) in [5, 5.41) is 0. The summed E-state index contributed by atoms with van der Waals surface area (Å²) in [5.74, 6) is 0.716. The number of aryl methyl sites for hydroxylation is 1. The highest BCUT2D eigenvalue weighted by Crippen LogP contribution is 2.16. The number of nitrogens with zero attached hydrogens (tertiary/aromatic N) is 2. The molecule has 0 radical (unpaired) electrons. The van der Waals surface area contributed by atoms with Gasteiger partial charge in [-0.15, -0.1) is 0 Å². The Bertz CT molecular complexity index is 599. The van der Waals surface area contributed by atoms with Crippen molar-refractivity contribution in [2.75, 3.05) is 14.2 Å². The molecule has 4 nitrogen and oxygen atoms in total. The van der Waals surface area contributed by atoms with Gasteiger partial charge in [-0.1, -0.05) is 36.4 Å². The largest absolute Gasteiger partial charge is 0.481 e. The summed E-state index contributed by atoms with van der Waals surface area (Å²) in [7, 11) is 3.41. The Balaban J connectivity index is 1.82. The zero-order valence-electron chi connectivity index (χ0n) is 13.2. The average molecular weight is 298 g/mol. The molecule has 1 aromatic heterocycles. The summed E-state index contributed by atoms with van der Waals surface area (Å²) >= 11 is 0. The summed E-state index contributed by atoms with van der Waals surface area (Å²) < 4.78 is 5.22. The standard InChI is InChI=1S/C18H22N2O2/c1-20(14-16-11-7-13-19-18(16)22-2)17(21)12-6-10-15-8-4-3-5-9-15/h3-5,7-9,11,13H,6,10,12,14H2,1-2H3. The molecule has 1 amide bonds. The van der Waals surface area contributed by atoms with E-state index in [4.69, 9.17) is 4.74 Å². The van der Waals surface area contributed by atoms with E-state index in [1.165, 1.54) is 5.56 Å². The van der Waals surface area contributed by atoms with E-state index >= 15 is 0 Å². The van der Waals surface area contributed by atoms with Gasteiger partial charge in [0.2, 0.25) is 11.8 Å². The van der Waals surface area contributed by atoms with Crippen LogP contribution < -0.4 is 4.74 Å². The topological polar surface area (TPSA) is 42.4 Å². The lowest BCUT2D eigenvalue weighted by Gasteiger charge is -2.18. The zero-order chi connectivity index (χ0) is 15.8. The molecule has 0 bridgehead atoms. The molecule has 0 unspecified atom stereocenters. The fourth-order valence-corrected chi connectivity index (χ4v) is 2.35. The van der Waals surface area contributed by atoms with E-state index in [0.717, 1.165) is 18.4 Å². The first-order valence-corrected chi connectivity index (χ1v) is 7.46. The Labute approximate surface area is 131 Å². The molecule has 2 rings (SSSR count). The number of carbonyl (C=O) groups is 1. The third kappa shape index (κ3) is 4.58. The molecule has 2 aromatic rings. The second-order valence-electron chi connectivity index (χ2n) is 5.26. The second-order valence-corrected chi connectivity index (χ2v) is 5.26. The molecule has 0 fully saturated rings. The van der Waals surface area contributed by atoms with Crippen LogP contribution >= 0.6 is 0 Å². The van der Waals surface area contributed by atoms with Gasteiger partial charge in [-0.25, -0.2) is 4.98 Å². The van der Waals surface area contributed by atoms with Gasteiger partial charge in [0.15, 0.2) is 0 Å². The summed E-state index contributed by atoms with van der Waals surface area (Å²) in [5.41, 5.74) is 2.19. The highest BCUT2D eigenvalue weighted by atomic mass is 16.5. The molecule has 0 aliphatic heterocycles. The Kier molecular flexibility index (Phi) is 5.95. The number of pyridine rings is 1. The lowest BCUT2D eigenvalue weighted by atomic mass is 10.1. The number of hydrogen-bond acceptors (Lipinski definition) is 3. The number of aromatic nitrogens is 1. The molecule has 1 heterocycles. The van der Waals surface area contributed by atoms with Crippen LogP contribution in [0.15, 0.2) is 48.7 Å². The minimum absolute atomic E-state index is 0.141. The third-order valence-corrected chi connectivity index (χ3v) is 3.58. The minimum Gasteiger partial charge on any atom is -0.481 e. The number of benzene rings is 1. The van der Waals surface area contributed by atoms with E-state index in [9.17, 15) is 4.79 Å². The van der Waals surface area contributed by atoms with Crippen molar-refractivity contribution in [2.45, 2.75) is 25.8 Å². The highest BCUT2D eigenvalue weighted by molar-refractivity contribution is 5.75. The SMILES string of the molecule is COc1ncccc1CN(C)C(=O)CCCc1ccccc1. The van der Waals surface area contributed by atoms with Crippen LogP contribution in [0.3, 0.4) is 0 Å². The van der Waals surface area contributed by atoms with E-state index in [2.05, 4.69) is 17.1 Å².